The monoisotopic (exact) mass is 298 g/mol. The van der Waals surface area contributed by atoms with Crippen LogP contribution < -0.4 is 11.1 Å². The van der Waals surface area contributed by atoms with Crippen molar-refractivity contribution in [3.63, 3.8) is 0 Å². The zero-order valence-corrected chi connectivity index (χ0v) is 14.3. The van der Waals surface area contributed by atoms with E-state index in [2.05, 4.69) is 35.9 Å². The summed E-state index contributed by atoms with van der Waals surface area (Å²) in [5.74, 6) is 0.169. The van der Waals surface area contributed by atoms with Crippen LogP contribution in [0.3, 0.4) is 0 Å². The molecule has 5 nitrogen and oxygen atoms in total. The molecular formula is C16H34N4O. The van der Waals surface area contributed by atoms with E-state index >= 15 is 0 Å². The Labute approximate surface area is 130 Å². The second-order valence-electron chi connectivity index (χ2n) is 6.07. The van der Waals surface area contributed by atoms with Gasteiger partial charge in [-0.2, -0.15) is 0 Å². The predicted molar refractivity (Wildman–Crippen MR) is 88.3 cm³/mol. The molecule has 1 aliphatic rings. The van der Waals surface area contributed by atoms with Gasteiger partial charge in [-0.05, 0) is 26.2 Å². The van der Waals surface area contributed by atoms with Gasteiger partial charge in [0.1, 0.15) is 0 Å². The van der Waals surface area contributed by atoms with Gasteiger partial charge in [0, 0.05) is 44.8 Å². The number of rotatable bonds is 8. The zero-order valence-electron chi connectivity index (χ0n) is 14.3. The van der Waals surface area contributed by atoms with E-state index in [0.717, 1.165) is 52.0 Å². The van der Waals surface area contributed by atoms with E-state index < -0.39 is 0 Å². The van der Waals surface area contributed by atoms with Gasteiger partial charge in [0.15, 0.2) is 0 Å². The summed E-state index contributed by atoms with van der Waals surface area (Å²) in [6, 6.07) is 0.759. The van der Waals surface area contributed by atoms with Gasteiger partial charge in [0.2, 0.25) is 5.91 Å². The molecule has 1 rings (SSSR count). The molecule has 0 radical (unpaired) electrons. The number of amides is 1. The second-order valence-corrected chi connectivity index (χ2v) is 6.07. The Morgan fingerprint density at radius 1 is 1.05 bits per heavy atom. The quantitative estimate of drug-likeness (QED) is 0.703. The fourth-order valence-corrected chi connectivity index (χ4v) is 3.04. The molecule has 1 aliphatic heterocycles. The fourth-order valence-electron chi connectivity index (χ4n) is 3.04. The first-order valence-corrected chi connectivity index (χ1v) is 8.55. The molecular weight excluding hydrogens is 264 g/mol. The molecule has 1 fully saturated rings. The van der Waals surface area contributed by atoms with Crippen LogP contribution in [0.25, 0.3) is 0 Å². The number of nitrogens with zero attached hydrogens (tertiary/aromatic N) is 2. The summed E-state index contributed by atoms with van der Waals surface area (Å²) < 4.78 is 0. The van der Waals surface area contributed by atoms with Crippen LogP contribution in [0.4, 0.5) is 0 Å². The first-order valence-electron chi connectivity index (χ1n) is 8.55. The molecule has 0 aromatic carbocycles. The fraction of sp³-hybridized carbons (Fsp3) is 0.938. The van der Waals surface area contributed by atoms with Crippen LogP contribution in [-0.4, -0.2) is 66.6 Å². The van der Waals surface area contributed by atoms with Crippen molar-refractivity contribution in [2.24, 2.45) is 5.73 Å². The number of carbonyl (C=O) groups is 1. The lowest BCUT2D eigenvalue weighted by Gasteiger charge is -2.40. The summed E-state index contributed by atoms with van der Waals surface area (Å²) in [4.78, 5) is 17.1. The first kappa shape index (κ1) is 18.4. The van der Waals surface area contributed by atoms with Crippen molar-refractivity contribution in [3.8, 4) is 0 Å². The molecule has 1 saturated heterocycles. The summed E-state index contributed by atoms with van der Waals surface area (Å²) in [5.41, 5.74) is 5.82. The van der Waals surface area contributed by atoms with E-state index in [4.69, 9.17) is 5.73 Å². The van der Waals surface area contributed by atoms with Crippen molar-refractivity contribution >= 4 is 5.91 Å². The Balaban J connectivity index is 2.44. The van der Waals surface area contributed by atoms with E-state index in [-0.39, 0.29) is 11.9 Å². The summed E-state index contributed by atoms with van der Waals surface area (Å²) >= 11 is 0. The lowest BCUT2D eigenvalue weighted by atomic mass is 10.1. The minimum Gasteiger partial charge on any atom is -0.352 e. The molecule has 0 aromatic heterocycles. The van der Waals surface area contributed by atoms with Gasteiger partial charge >= 0.3 is 0 Å². The Hall–Kier alpha value is -0.650. The highest BCUT2D eigenvalue weighted by Gasteiger charge is 2.28. The van der Waals surface area contributed by atoms with Gasteiger partial charge in [-0.3, -0.25) is 14.6 Å². The number of nitrogens with two attached hydrogens (primary N) is 1. The van der Waals surface area contributed by atoms with Crippen molar-refractivity contribution < 1.29 is 4.79 Å². The molecule has 0 aliphatic carbocycles. The predicted octanol–water partition coefficient (Wildman–Crippen LogP) is 1.03. The maximum Gasteiger partial charge on any atom is 0.237 e. The highest BCUT2D eigenvalue weighted by molar-refractivity contribution is 5.81. The first-order chi connectivity index (χ1) is 10.1. The Morgan fingerprint density at radius 2 is 1.57 bits per heavy atom. The van der Waals surface area contributed by atoms with Crippen molar-refractivity contribution in [1.29, 1.82) is 0 Å². The molecule has 0 spiro atoms. The van der Waals surface area contributed by atoms with Crippen LogP contribution >= 0.6 is 0 Å². The van der Waals surface area contributed by atoms with Crippen LogP contribution in [0.5, 0.6) is 0 Å². The molecule has 0 aromatic rings. The highest BCUT2D eigenvalue weighted by atomic mass is 16.2. The Bertz CT molecular complexity index is 295. The SMILES string of the molecule is CCC(CC)NC(=O)C(C)N1CCN(C(CC)CN)CC1. The summed E-state index contributed by atoms with van der Waals surface area (Å²) in [7, 11) is 0. The zero-order chi connectivity index (χ0) is 15.8. The number of hydrogen-bond acceptors (Lipinski definition) is 4. The molecule has 3 N–H and O–H groups in total. The average Bonchev–Trinajstić information content (AvgIpc) is 2.53. The molecule has 5 heteroatoms. The standard InChI is InChI=1S/C16H34N4O/c1-5-14(6-2)18-16(21)13(4)19-8-10-20(11-9-19)15(7-3)12-17/h13-15H,5-12,17H2,1-4H3,(H,18,21). The Morgan fingerprint density at radius 3 is 2.00 bits per heavy atom. The van der Waals surface area contributed by atoms with Crippen molar-refractivity contribution in [3.05, 3.63) is 0 Å². The van der Waals surface area contributed by atoms with E-state index in [1.807, 2.05) is 6.92 Å². The Kier molecular flexibility index (Phi) is 8.22. The van der Waals surface area contributed by atoms with Crippen LogP contribution in [0, 0.1) is 0 Å². The van der Waals surface area contributed by atoms with Gasteiger partial charge in [0.25, 0.3) is 0 Å². The maximum absolute atomic E-state index is 12.3. The normalized spacial score (nSPS) is 20.5. The third-order valence-corrected chi connectivity index (χ3v) is 4.87. The minimum atomic E-state index is -0.0364. The number of carbonyl (C=O) groups excluding carboxylic acids is 1. The molecule has 0 saturated carbocycles. The second kappa shape index (κ2) is 9.38. The maximum atomic E-state index is 12.3. The van der Waals surface area contributed by atoms with E-state index in [9.17, 15) is 4.79 Å². The van der Waals surface area contributed by atoms with Crippen LogP contribution in [0.1, 0.15) is 47.0 Å². The lowest BCUT2D eigenvalue weighted by Crippen LogP contribution is -2.57. The van der Waals surface area contributed by atoms with Gasteiger partial charge in [-0.15, -0.1) is 0 Å². The summed E-state index contributed by atoms with van der Waals surface area (Å²) in [5, 5.41) is 3.16. The lowest BCUT2D eigenvalue weighted by molar-refractivity contribution is -0.127. The molecule has 1 heterocycles. The molecule has 0 bridgehead atoms. The van der Waals surface area contributed by atoms with Gasteiger partial charge < -0.3 is 11.1 Å². The van der Waals surface area contributed by atoms with E-state index in [1.54, 1.807) is 0 Å². The topological polar surface area (TPSA) is 61.6 Å². The smallest absolute Gasteiger partial charge is 0.237 e. The third-order valence-electron chi connectivity index (χ3n) is 4.87. The number of piperazine rings is 1. The molecule has 1 amide bonds. The van der Waals surface area contributed by atoms with Crippen LogP contribution in [-0.2, 0) is 4.79 Å². The van der Waals surface area contributed by atoms with E-state index in [1.165, 1.54) is 0 Å². The van der Waals surface area contributed by atoms with Crippen molar-refractivity contribution in [2.75, 3.05) is 32.7 Å². The average molecular weight is 298 g/mol. The summed E-state index contributed by atoms with van der Waals surface area (Å²) in [6.07, 6.45) is 3.09. The highest BCUT2D eigenvalue weighted by Crippen LogP contribution is 2.11. The minimum absolute atomic E-state index is 0.0364. The van der Waals surface area contributed by atoms with Gasteiger partial charge in [-0.25, -0.2) is 0 Å². The van der Waals surface area contributed by atoms with Crippen LogP contribution in [0.2, 0.25) is 0 Å². The van der Waals surface area contributed by atoms with Gasteiger partial charge in [-0.1, -0.05) is 20.8 Å². The third kappa shape index (κ3) is 5.24. The number of nitrogens with one attached hydrogen (secondary N) is 1. The summed E-state index contributed by atoms with van der Waals surface area (Å²) in [6.45, 7) is 13.1. The molecule has 124 valence electrons. The van der Waals surface area contributed by atoms with Crippen molar-refractivity contribution in [1.82, 2.24) is 15.1 Å². The molecule has 2 unspecified atom stereocenters. The van der Waals surface area contributed by atoms with Crippen LogP contribution in [0.15, 0.2) is 0 Å². The van der Waals surface area contributed by atoms with E-state index in [0.29, 0.717) is 12.1 Å². The number of hydrogen-bond donors (Lipinski definition) is 2. The molecule has 2 atom stereocenters. The largest absolute Gasteiger partial charge is 0.352 e. The van der Waals surface area contributed by atoms with Gasteiger partial charge in [0.05, 0.1) is 6.04 Å². The molecule has 21 heavy (non-hydrogen) atoms. The van der Waals surface area contributed by atoms with Crippen molar-refractivity contribution in [2.45, 2.75) is 65.1 Å².